The number of carbonyl (C=O) groups excluding carboxylic acids is 1. The zero-order valence-corrected chi connectivity index (χ0v) is 9.62. The Labute approximate surface area is 101 Å². The lowest BCUT2D eigenvalue weighted by Crippen LogP contribution is -2.03. The van der Waals surface area contributed by atoms with E-state index in [4.69, 9.17) is 27.9 Å². The first-order chi connectivity index (χ1) is 7.56. The van der Waals surface area contributed by atoms with Crippen molar-refractivity contribution in [2.75, 3.05) is 12.5 Å². The Morgan fingerprint density at radius 1 is 1.31 bits per heavy atom. The van der Waals surface area contributed by atoms with Crippen LogP contribution < -0.4 is 4.74 Å². The Hall–Kier alpha value is -0.870. The van der Waals surface area contributed by atoms with E-state index in [9.17, 15) is 13.6 Å². The molecule has 1 rings (SSSR count). The SMILES string of the molecule is O=C(Cl)c1cc(F)c(OCCCCl)c(F)c1. The quantitative estimate of drug-likeness (QED) is 0.465. The van der Waals surface area contributed by atoms with Crippen molar-refractivity contribution >= 4 is 28.4 Å². The first-order valence-corrected chi connectivity index (χ1v) is 5.35. The van der Waals surface area contributed by atoms with Crippen LogP contribution in [-0.4, -0.2) is 17.7 Å². The molecular weight excluding hydrogens is 261 g/mol. The van der Waals surface area contributed by atoms with Gasteiger partial charge in [0.05, 0.1) is 6.61 Å². The third-order valence-electron chi connectivity index (χ3n) is 1.75. The summed E-state index contributed by atoms with van der Waals surface area (Å²) >= 11 is 10.5. The van der Waals surface area contributed by atoms with Crippen molar-refractivity contribution in [2.24, 2.45) is 0 Å². The number of hydrogen-bond donors (Lipinski definition) is 0. The highest BCUT2D eigenvalue weighted by Gasteiger charge is 2.15. The molecule has 0 heterocycles. The molecule has 88 valence electrons. The van der Waals surface area contributed by atoms with E-state index < -0.39 is 22.6 Å². The van der Waals surface area contributed by atoms with Crippen molar-refractivity contribution in [3.63, 3.8) is 0 Å². The zero-order valence-electron chi connectivity index (χ0n) is 8.10. The minimum absolute atomic E-state index is 0.103. The fourth-order valence-electron chi connectivity index (χ4n) is 1.04. The highest BCUT2D eigenvalue weighted by Crippen LogP contribution is 2.24. The van der Waals surface area contributed by atoms with E-state index in [1.807, 2.05) is 0 Å². The van der Waals surface area contributed by atoms with E-state index in [0.29, 0.717) is 12.3 Å². The lowest BCUT2D eigenvalue weighted by atomic mass is 10.2. The van der Waals surface area contributed by atoms with Gasteiger partial charge in [0.15, 0.2) is 17.4 Å². The van der Waals surface area contributed by atoms with Gasteiger partial charge in [-0.1, -0.05) is 0 Å². The van der Waals surface area contributed by atoms with Gasteiger partial charge in [0, 0.05) is 11.4 Å². The third kappa shape index (κ3) is 3.32. The second-order valence-electron chi connectivity index (χ2n) is 2.93. The molecule has 16 heavy (non-hydrogen) atoms. The molecule has 0 aliphatic rings. The van der Waals surface area contributed by atoms with Crippen LogP contribution in [0.25, 0.3) is 0 Å². The topological polar surface area (TPSA) is 26.3 Å². The van der Waals surface area contributed by atoms with E-state index >= 15 is 0 Å². The molecule has 0 fully saturated rings. The van der Waals surface area contributed by atoms with Gasteiger partial charge in [-0.25, -0.2) is 8.78 Å². The number of rotatable bonds is 5. The fraction of sp³-hybridized carbons (Fsp3) is 0.300. The van der Waals surface area contributed by atoms with Gasteiger partial charge in [-0.15, -0.1) is 11.6 Å². The first-order valence-electron chi connectivity index (χ1n) is 4.44. The molecule has 0 aliphatic carbocycles. The fourth-order valence-corrected chi connectivity index (χ4v) is 1.26. The summed E-state index contributed by atoms with van der Waals surface area (Å²) in [5, 5.41) is -0.926. The molecule has 2 nitrogen and oxygen atoms in total. The lowest BCUT2D eigenvalue weighted by Gasteiger charge is -2.08. The van der Waals surface area contributed by atoms with Crippen molar-refractivity contribution in [2.45, 2.75) is 6.42 Å². The standard InChI is InChI=1S/C10H8Cl2F2O2/c11-2-1-3-16-9-7(13)4-6(10(12)15)5-8(9)14/h4-5H,1-3H2. The van der Waals surface area contributed by atoms with Crippen molar-refractivity contribution in [3.05, 3.63) is 29.3 Å². The molecule has 1 aromatic carbocycles. The average molecular weight is 269 g/mol. The minimum Gasteiger partial charge on any atom is -0.488 e. The molecule has 0 aromatic heterocycles. The normalized spacial score (nSPS) is 10.2. The minimum atomic E-state index is -0.960. The maximum Gasteiger partial charge on any atom is 0.252 e. The lowest BCUT2D eigenvalue weighted by molar-refractivity contribution is 0.108. The molecule has 0 aliphatic heterocycles. The van der Waals surface area contributed by atoms with Gasteiger partial charge < -0.3 is 4.74 Å². The van der Waals surface area contributed by atoms with Crippen LogP contribution in [0.1, 0.15) is 16.8 Å². The van der Waals surface area contributed by atoms with Gasteiger partial charge in [0.25, 0.3) is 5.24 Å². The van der Waals surface area contributed by atoms with Crippen molar-refractivity contribution in [1.82, 2.24) is 0 Å². The summed E-state index contributed by atoms with van der Waals surface area (Å²) in [5.74, 6) is -2.11. The number of carbonyl (C=O) groups is 1. The number of halogens is 4. The summed E-state index contributed by atoms with van der Waals surface area (Å²) in [6, 6.07) is 1.66. The van der Waals surface area contributed by atoms with Gasteiger partial charge in [0.1, 0.15) is 0 Å². The van der Waals surface area contributed by atoms with Crippen LogP contribution in [0, 0.1) is 11.6 Å². The largest absolute Gasteiger partial charge is 0.488 e. The third-order valence-corrected chi connectivity index (χ3v) is 2.24. The van der Waals surface area contributed by atoms with Gasteiger partial charge >= 0.3 is 0 Å². The van der Waals surface area contributed by atoms with Crippen LogP contribution in [0.4, 0.5) is 8.78 Å². The Balaban J connectivity index is 2.89. The molecule has 0 amide bonds. The van der Waals surface area contributed by atoms with E-state index in [1.165, 1.54) is 0 Å². The molecule has 0 unspecified atom stereocenters. The van der Waals surface area contributed by atoms with Crippen LogP contribution in [0.5, 0.6) is 5.75 Å². The second kappa shape index (κ2) is 6.01. The monoisotopic (exact) mass is 268 g/mol. The summed E-state index contributed by atoms with van der Waals surface area (Å²) in [6.07, 6.45) is 0.469. The first kappa shape index (κ1) is 13.2. The molecule has 0 atom stereocenters. The van der Waals surface area contributed by atoms with Gasteiger partial charge in [0.2, 0.25) is 0 Å². The Bertz CT molecular complexity index is 373. The Morgan fingerprint density at radius 2 is 1.88 bits per heavy atom. The van der Waals surface area contributed by atoms with Gasteiger partial charge in [-0.05, 0) is 30.2 Å². The molecule has 0 radical (unpaired) electrons. The molecule has 0 saturated heterocycles. The van der Waals surface area contributed by atoms with Crippen molar-refractivity contribution in [3.8, 4) is 5.75 Å². The molecule has 0 saturated carbocycles. The predicted octanol–water partition coefficient (Wildman–Crippen LogP) is 3.35. The maximum atomic E-state index is 13.3. The molecule has 1 aromatic rings. The van der Waals surface area contributed by atoms with Crippen molar-refractivity contribution in [1.29, 1.82) is 0 Å². The summed E-state index contributed by atoms with van der Waals surface area (Å²) < 4.78 is 31.4. The van der Waals surface area contributed by atoms with Crippen LogP contribution in [0.3, 0.4) is 0 Å². The number of hydrogen-bond acceptors (Lipinski definition) is 2. The molecular formula is C10H8Cl2F2O2. The van der Waals surface area contributed by atoms with E-state index in [-0.39, 0.29) is 12.2 Å². The van der Waals surface area contributed by atoms with Gasteiger partial charge in [-0.2, -0.15) is 0 Å². The van der Waals surface area contributed by atoms with E-state index in [1.54, 1.807) is 0 Å². The maximum absolute atomic E-state index is 13.3. The smallest absolute Gasteiger partial charge is 0.252 e. The van der Waals surface area contributed by atoms with Crippen LogP contribution in [0.15, 0.2) is 12.1 Å². The Kier molecular flexibility index (Phi) is 4.96. The summed E-state index contributed by atoms with van der Waals surface area (Å²) in [6.45, 7) is 0.103. The number of ether oxygens (including phenoxy) is 1. The molecule has 0 bridgehead atoms. The predicted molar refractivity (Wildman–Crippen MR) is 57.4 cm³/mol. The highest BCUT2D eigenvalue weighted by atomic mass is 35.5. The zero-order chi connectivity index (χ0) is 12.1. The van der Waals surface area contributed by atoms with E-state index in [0.717, 1.165) is 12.1 Å². The van der Waals surface area contributed by atoms with Gasteiger partial charge in [-0.3, -0.25) is 4.79 Å². The number of alkyl halides is 1. The summed E-state index contributed by atoms with van der Waals surface area (Å²) in [7, 11) is 0. The van der Waals surface area contributed by atoms with E-state index in [2.05, 4.69) is 0 Å². The van der Waals surface area contributed by atoms with Crippen molar-refractivity contribution < 1.29 is 18.3 Å². The second-order valence-corrected chi connectivity index (χ2v) is 3.65. The Morgan fingerprint density at radius 3 is 2.31 bits per heavy atom. The number of benzene rings is 1. The molecule has 6 heteroatoms. The summed E-state index contributed by atoms with van der Waals surface area (Å²) in [5.41, 5.74) is -0.249. The van der Waals surface area contributed by atoms with Crippen LogP contribution in [0.2, 0.25) is 0 Å². The van der Waals surface area contributed by atoms with Crippen LogP contribution in [-0.2, 0) is 0 Å². The van der Waals surface area contributed by atoms with Crippen LogP contribution >= 0.6 is 23.2 Å². The average Bonchev–Trinajstić information content (AvgIpc) is 2.21. The highest BCUT2D eigenvalue weighted by molar-refractivity contribution is 6.67. The molecule has 0 spiro atoms. The summed E-state index contributed by atoms with van der Waals surface area (Å²) in [4.78, 5) is 10.7. The molecule has 0 N–H and O–H groups in total.